The van der Waals surface area contributed by atoms with Gasteiger partial charge in [0, 0.05) is 33.8 Å². The lowest BCUT2D eigenvalue weighted by atomic mass is 9.82. The predicted octanol–water partition coefficient (Wildman–Crippen LogP) is 13.3. The van der Waals surface area contributed by atoms with Gasteiger partial charge < -0.3 is 4.90 Å². The van der Waals surface area contributed by atoms with Crippen LogP contribution in [0.2, 0.25) is 0 Å². The standard InChI is InChI=1S/C48H32N2S/c1-48(2)42-16-10-9-15-40(42)41-27-25-38(30-43(41)48)50(36-13-7-4-8-14-36)37-23-19-31(20-24-37)34-21-26-39-35(29-34)18-17-32-22-28-44-46(45(32)39)49-47(51-44)33-11-5-3-6-12-33/h3,5-7,9-30H,1-2H3. The lowest BCUT2D eigenvalue weighted by Gasteiger charge is -2.28. The highest BCUT2D eigenvalue weighted by molar-refractivity contribution is 7.21. The molecule has 0 bridgehead atoms. The Morgan fingerprint density at radius 3 is 2.16 bits per heavy atom. The highest BCUT2D eigenvalue weighted by Gasteiger charge is 2.35. The van der Waals surface area contributed by atoms with Gasteiger partial charge in [0.15, 0.2) is 0 Å². The Bertz CT molecular complexity index is 2760. The van der Waals surface area contributed by atoms with Crippen molar-refractivity contribution in [3.05, 3.63) is 181 Å². The molecule has 0 fully saturated rings. The number of fused-ring (bicyclic) bond motifs is 8. The lowest BCUT2D eigenvalue weighted by Crippen LogP contribution is -2.16. The largest absolute Gasteiger partial charge is 0.310 e. The Balaban J connectivity index is 1.03. The molecule has 9 aromatic rings. The average molecular weight is 669 g/mol. The monoisotopic (exact) mass is 668 g/mol. The first-order valence-electron chi connectivity index (χ1n) is 17.4. The van der Waals surface area contributed by atoms with Gasteiger partial charge in [0.2, 0.25) is 0 Å². The molecule has 1 aromatic heterocycles. The van der Waals surface area contributed by atoms with E-state index in [1.54, 1.807) is 11.3 Å². The summed E-state index contributed by atoms with van der Waals surface area (Å²) in [4.78, 5) is 7.49. The minimum Gasteiger partial charge on any atom is -0.310 e. The van der Waals surface area contributed by atoms with Crippen LogP contribution in [0.5, 0.6) is 0 Å². The minimum atomic E-state index is -0.0785. The summed E-state index contributed by atoms with van der Waals surface area (Å²) >= 11 is 1.76. The molecule has 0 atom stereocenters. The summed E-state index contributed by atoms with van der Waals surface area (Å²) in [6.07, 6.45) is 0. The molecule has 0 N–H and O–H groups in total. The molecule has 10 rings (SSSR count). The normalized spacial score (nSPS) is 12.9. The third kappa shape index (κ3) is 4.76. The third-order valence-electron chi connectivity index (χ3n) is 10.6. The first-order valence-corrected chi connectivity index (χ1v) is 18.2. The summed E-state index contributed by atoms with van der Waals surface area (Å²) in [5, 5.41) is 5.94. The molecule has 1 aliphatic carbocycles. The second-order valence-corrected chi connectivity index (χ2v) is 14.9. The van der Waals surface area contributed by atoms with Crippen molar-refractivity contribution in [1.82, 2.24) is 4.98 Å². The molecule has 0 amide bonds. The fraction of sp³-hybridized carbons (Fsp3) is 0.0625. The zero-order chi connectivity index (χ0) is 34.1. The predicted molar refractivity (Wildman–Crippen MR) is 215 cm³/mol. The van der Waals surface area contributed by atoms with Gasteiger partial charge in [-0.05, 0) is 98.1 Å². The molecule has 0 saturated carbocycles. The maximum Gasteiger partial charge on any atom is 0.124 e. The summed E-state index contributed by atoms with van der Waals surface area (Å²) < 4.78 is 1.21. The number of benzene rings is 7. The van der Waals surface area contributed by atoms with Crippen LogP contribution in [0.1, 0.15) is 25.0 Å². The minimum absolute atomic E-state index is 0.0785. The first kappa shape index (κ1) is 29.7. The van der Waals surface area contributed by atoms with E-state index in [9.17, 15) is 0 Å². The Morgan fingerprint density at radius 1 is 0.569 bits per heavy atom. The molecule has 2 nitrogen and oxygen atoms in total. The Labute approximate surface area is 301 Å². The molecule has 0 spiro atoms. The smallest absolute Gasteiger partial charge is 0.124 e. The summed E-state index contributed by atoms with van der Waals surface area (Å²) in [5.74, 6) is 0. The molecule has 1 aliphatic rings. The van der Waals surface area contributed by atoms with E-state index in [1.165, 1.54) is 59.6 Å². The van der Waals surface area contributed by atoms with Crippen molar-refractivity contribution >= 4 is 60.2 Å². The highest BCUT2D eigenvalue weighted by Crippen LogP contribution is 2.50. The van der Waals surface area contributed by atoms with Gasteiger partial charge in [0.1, 0.15) is 5.01 Å². The fourth-order valence-corrected chi connectivity index (χ4v) is 8.96. The van der Waals surface area contributed by atoms with Crippen molar-refractivity contribution < 1.29 is 0 Å². The topological polar surface area (TPSA) is 16.1 Å². The molecule has 8 aromatic carbocycles. The molecule has 1 heterocycles. The SMILES string of the molecule is CC1(C)c2ccccc2-c2ccc(N(c3cc#ccc3)c3ccc(-c4ccc5c(ccc6ccc7sc(-c8ccccc8)nc7c65)c4)cc3)cc21. The van der Waals surface area contributed by atoms with E-state index in [0.29, 0.717) is 0 Å². The van der Waals surface area contributed by atoms with Gasteiger partial charge in [0.25, 0.3) is 0 Å². The van der Waals surface area contributed by atoms with Crippen LogP contribution in [0.4, 0.5) is 17.1 Å². The van der Waals surface area contributed by atoms with E-state index in [2.05, 4.69) is 176 Å². The van der Waals surface area contributed by atoms with Crippen LogP contribution in [-0.2, 0) is 5.41 Å². The molecule has 0 aliphatic heterocycles. The quantitative estimate of drug-likeness (QED) is 0.170. The fourth-order valence-electron chi connectivity index (χ4n) is 7.98. The van der Waals surface area contributed by atoms with E-state index in [1.807, 2.05) is 12.1 Å². The van der Waals surface area contributed by atoms with Gasteiger partial charge in [-0.1, -0.05) is 129 Å². The maximum atomic E-state index is 5.17. The summed E-state index contributed by atoms with van der Waals surface area (Å²) in [7, 11) is 0. The Kier molecular flexibility index (Phi) is 6.65. The van der Waals surface area contributed by atoms with Crippen LogP contribution in [0.3, 0.4) is 0 Å². The number of hydrogen-bond donors (Lipinski definition) is 0. The van der Waals surface area contributed by atoms with Gasteiger partial charge in [-0.3, -0.25) is 0 Å². The van der Waals surface area contributed by atoms with E-state index in [-0.39, 0.29) is 5.41 Å². The Hall–Kier alpha value is -6.21. The van der Waals surface area contributed by atoms with E-state index >= 15 is 0 Å². The summed E-state index contributed by atoms with van der Waals surface area (Å²) in [5.41, 5.74) is 13.2. The Morgan fingerprint density at radius 2 is 1.31 bits per heavy atom. The number of anilines is 3. The van der Waals surface area contributed by atoms with Crippen molar-refractivity contribution in [3.63, 3.8) is 0 Å². The zero-order valence-corrected chi connectivity index (χ0v) is 29.1. The van der Waals surface area contributed by atoms with Crippen LogP contribution in [0, 0.1) is 12.1 Å². The summed E-state index contributed by atoms with van der Waals surface area (Å²) in [6.45, 7) is 4.67. The van der Waals surface area contributed by atoms with E-state index in [4.69, 9.17) is 4.98 Å². The lowest BCUT2D eigenvalue weighted by molar-refractivity contribution is 0.660. The van der Waals surface area contributed by atoms with Gasteiger partial charge in [0.05, 0.1) is 15.9 Å². The molecule has 0 radical (unpaired) electrons. The maximum absolute atomic E-state index is 5.17. The van der Waals surface area contributed by atoms with Gasteiger partial charge in [-0.2, -0.15) is 0 Å². The van der Waals surface area contributed by atoms with Crippen LogP contribution in [-0.4, -0.2) is 4.98 Å². The van der Waals surface area contributed by atoms with Crippen LogP contribution in [0.15, 0.2) is 158 Å². The number of rotatable bonds is 5. The third-order valence-corrected chi connectivity index (χ3v) is 11.6. The molecule has 0 saturated heterocycles. The van der Waals surface area contributed by atoms with Crippen LogP contribution >= 0.6 is 11.3 Å². The highest BCUT2D eigenvalue weighted by atomic mass is 32.1. The second kappa shape index (κ2) is 11.4. The number of thiazole rings is 1. The summed E-state index contributed by atoms with van der Waals surface area (Å²) in [6, 6.07) is 63.2. The molecule has 240 valence electrons. The molecule has 51 heavy (non-hydrogen) atoms. The average Bonchev–Trinajstić information content (AvgIpc) is 3.72. The van der Waals surface area contributed by atoms with Crippen molar-refractivity contribution in [2.75, 3.05) is 4.90 Å². The number of aromatic nitrogens is 1. The van der Waals surface area contributed by atoms with Gasteiger partial charge in [-0.25, -0.2) is 4.98 Å². The zero-order valence-electron chi connectivity index (χ0n) is 28.3. The van der Waals surface area contributed by atoms with E-state index in [0.717, 1.165) is 33.1 Å². The molecule has 3 heteroatoms. The number of hydrogen-bond acceptors (Lipinski definition) is 3. The van der Waals surface area contributed by atoms with Gasteiger partial charge >= 0.3 is 0 Å². The van der Waals surface area contributed by atoms with Crippen LogP contribution < -0.4 is 4.90 Å². The van der Waals surface area contributed by atoms with Crippen LogP contribution in [0.25, 0.3) is 64.6 Å². The second-order valence-electron chi connectivity index (χ2n) is 13.9. The molecular weight excluding hydrogens is 637 g/mol. The van der Waals surface area contributed by atoms with E-state index < -0.39 is 0 Å². The van der Waals surface area contributed by atoms with Crippen molar-refractivity contribution in [1.29, 1.82) is 0 Å². The number of nitrogens with zero attached hydrogens (tertiary/aromatic N) is 2. The molecular formula is C48H32N2S. The van der Waals surface area contributed by atoms with Crippen molar-refractivity contribution in [2.45, 2.75) is 19.3 Å². The first-order chi connectivity index (χ1) is 25.0. The van der Waals surface area contributed by atoms with Crippen molar-refractivity contribution in [2.24, 2.45) is 0 Å². The molecule has 0 unspecified atom stereocenters. The van der Waals surface area contributed by atoms with Crippen molar-refractivity contribution in [3.8, 4) is 32.8 Å². The van der Waals surface area contributed by atoms with Gasteiger partial charge in [-0.15, -0.1) is 11.3 Å².